The molecular weight excluding hydrogens is 598 g/mol. The van der Waals surface area contributed by atoms with Crippen LogP contribution in [0.2, 0.25) is 0 Å². The van der Waals surface area contributed by atoms with E-state index in [4.69, 9.17) is 14.6 Å². The Morgan fingerprint density at radius 3 is 2.16 bits per heavy atom. The van der Waals surface area contributed by atoms with Crippen LogP contribution >= 0.6 is 11.8 Å². The molecule has 0 fully saturated rings. The molecule has 3 amide bonds. The van der Waals surface area contributed by atoms with Crippen molar-refractivity contribution < 1.29 is 38.9 Å². The molecule has 11 nitrogen and oxygen atoms in total. The molecule has 0 saturated carbocycles. The topological polar surface area (TPSA) is 163 Å². The van der Waals surface area contributed by atoms with Crippen LogP contribution in [0.15, 0.2) is 102 Å². The number of rotatable bonds is 12. The number of aromatic carboxylic acids is 1. The van der Waals surface area contributed by atoms with E-state index < -0.39 is 23.5 Å². The fourth-order valence-corrected chi connectivity index (χ4v) is 4.71. The number of thioether (sulfide) groups is 1. The number of hydrogen-bond donors (Lipinski definition) is 5. The third-order valence-corrected chi connectivity index (χ3v) is 7.25. The zero-order valence-corrected chi connectivity index (χ0v) is 25.0. The van der Waals surface area contributed by atoms with Gasteiger partial charge in [0.1, 0.15) is 17.0 Å². The highest BCUT2D eigenvalue weighted by atomic mass is 32.2. The zero-order valence-electron chi connectivity index (χ0n) is 24.2. The molecule has 0 aliphatic rings. The maximum atomic E-state index is 13.4. The summed E-state index contributed by atoms with van der Waals surface area (Å²) in [4.78, 5) is 50.6. The van der Waals surface area contributed by atoms with Crippen LogP contribution in [0.5, 0.6) is 17.2 Å². The standard InChI is InChI=1S/C33H29N3O8S/c1-43-28-15-8-20(17-29(28)44-2)16-26(36-31(39)21-6-4-3-5-7-21)32(40)35-22-9-12-24(13-10-22)45-19-30(38)34-23-11-14-27(37)25(18-23)33(41)42/h3-18,37H,19H2,1-2H3,(H,34,38)(H,35,40)(H,36,39)(H,41,42)/b26-16-. The lowest BCUT2D eigenvalue weighted by Crippen LogP contribution is -2.30. The van der Waals surface area contributed by atoms with E-state index in [2.05, 4.69) is 16.0 Å². The molecule has 0 aliphatic heterocycles. The smallest absolute Gasteiger partial charge is 0.339 e. The van der Waals surface area contributed by atoms with E-state index in [9.17, 15) is 24.3 Å². The normalized spacial score (nSPS) is 10.8. The first kappa shape index (κ1) is 32.2. The number of aromatic hydroxyl groups is 1. The summed E-state index contributed by atoms with van der Waals surface area (Å²) in [6.45, 7) is 0. The minimum absolute atomic E-state index is 0.00789. The van der Waals surface area contributed by atoms with Gasteiger partial charge < -0.3 is 35.6 Å². The zero-order chi connectivity index (χ0) is 32.3. The van der Waals surface area contributed by atoms with Gasteiger partial charge in [0.05, 0.1) is 20.0 Å². The Kier molecular flexibility index (Phi) is 10.8. The number of hydrogen-bond acceptors (Lipinski definition) is 8. The van der Waals surface area contributed by atoms with Crippen LogP contribution in [0.4, 0.5) is 11.4 Å². The SMILES string of the molecule is COc1ccc(/C=C(\NC(=O)c2ccccc2)C(=O)Nc2ccc(SCC(=O)Nc3ccc(O)c(C(=O)O)c3)cc2)cc1OC. The molecule has 0 spiro atoms. The molecule has 45 heavy (non-hydrogen) atoms. The highest BCUT2D eigenvalue weighted by molar-refractivity contribution is 8.00. The number of carbonyl (C=O) groups is 4. The van der Waals surface area contributed by atoms with E-state index in [0.717, 1.165) is 4.90 Å². The molecule has 12 heteroatoms. The molecule has 4 rings (SSSR count). The van der Waals surface area contributed by atoms with Crippen molar-refractivity contribution in [2.24, 2.45) is 0 Å². The number of anilines is 2. The van der Waals surface area contributed by atoms with Gasteiger partial charge in [-0.05, 0) is 78.4 Å². The minimum atomic E-state index is -1.31. The molecule has 5 N–H and O–H groups in total. The van der Waals surface area contributed by atoms with Gasteiger partial charge in [0, 0.05) is 21.8 Å². The molecule has 230 valence electrons. The summed E-state index contributed by atoms with van der Waals surface area (Å²) in [5, 5.41) is 26.8. The van der Waals surface area contributed by atoms with Crippen LogP contribution in [0.1, 0.15) is 26.3 Å². The van der Waals surface area contributed by atoms with Gasteiger partial charge in [-0.2, -0.15) is 0 Å². The van der Waals surface area contributed by atoms with Gasteiger partial charge in [0.2, 0.25) is 5.91 Å². The van der Waals surface area contributed by atoms with E-state index in [1.807, 2.05) is 0 Å². The lowest BCUT2D eigenvalue weighted by atomic mass is 10.1. The predicted molar refractivity (Wildman–Crippen MR) is 171 cm³/mol. The predicted octanol–water partition coefficient (Wildman–Crippen LogP) is 5.25. The maximum absolute atomic E-state index is 13.4. The molecule has 0 aliphatic carbocycles. The van der Waals surface area contributed by atoms with E-state index >= 15 is 0 Å². The number of phenols is 1. The van der Waals surface area contributed by atoms with Gasteiger partial charge in [0.15, 0.2) is 11.5 Å². The summed E-state index contributed by atoms with van der Waals surface area (Å²) in [6.07, 6.45) is 1.52. The number of ether oxygens (including phenoxy) is 2. The first-order chi connectivity index (χ1) is 21.7. The lowest BCUT2D eigenvalue weighted by Gasteiger charge is -2.13. The molecule has 0 bridgehead atoms. The van der Waals surface area contributed by atoms with Crippen molar-refractivity contribution in [3.63, 3.8) is 0 Å². The fourth-order valence-electron chi connectivity index (χ4n) is 4.02. The van der Waals surface area contributed by atoms with Crippen molar-refractivity contribution in [3.8, 4) is 17.2 Å². The van der Waals surface area contributed by atoms with Gasteiger partial charge in [-0.3, -0.25) is 14.4 Å². The first-order valence-electron chi connectivity index (χ1n) is 13.4. The summed E-state index contributed by atoms with van der Waals surface area (Å²) in [5.41, 5.74) is 1.33. The highest BCUT2D eigenvalue weighted by Crippen LogP contribution is 2.29. The Bertz CT molecular complexity index is 1740. The Hall–Kier alpha value is -5.75. The van der Waals surface area contributed by atoms with Gasteiger partial charge in [-0.25, -0.2) is 4.79 Å². The van der Waals surface area contributed by atoms with Crippen LogP contribution in [-0.2, 0) is 9.59 Å². The molecule has 0 aromatic heterocycles. The van der Waals surface area contributed by atoms with Gasteiger partial charge in [-0.15, -0.1) is 11.8 Å². The number of methoxy groups -OCH3 is 2. The molecule has 4 aromatic rings. The van der Waals surface area contributed by atoms with Crippen molar-refractivity contribution in [3.05, 3.63) is 113 Å². The van der Waals surface area contributed by atoms with Crippen molar-refractivity contribution in [2.75, 3.05) is 30.6 Å². The fraction of sp³-hybridized carbons (Fsp3) is 0.0909. The number of carboxylic acid groups (broad SMARTS) is 1. The molecule has 0 unspecified atom stereocenters. The van der Waals surface area contributed by atoms with Crippen molar-refractivity contribution in [2.45, 2.75) is 4.90 Å². The monoisotopic (exact) mass is 627 g/mol. The molecular formula is C33H29N3O8S. The van der Waals surface area contributed by atoms with E-state index in [1.54, 1.807) is 72.8 Å². The number of nitrogens with one attached hydrogen (secondary N) is 3. The van der Waals surface area contributed by atoms with Gasteiger partial charge >= 0.3 is 5.97 Å². The molecule has 0 heterocycles. The summed E-state index contributed by atoms with van der Waals surface area (Å²) < 4.78 is 10.6. The Labute approximate surface area is 262 Å². The largest absolute Gasteiger partial charge is 0.507 e. The number of carbonyl (C=O) groups excluding carboxylic acids is 3. The lowest BCUT2D eigenvalue weighted by molar-refractivity contribution is -0.114. The van der Waals surface area contributed by atoms with Gasteiger partial charge in [-0.1, -0.05) is 24.3 Å². The van der Waals surface area contributed by atoms with E-state index in [1.165, 1.54) is 50.3 Å². The molecule has 0 saturated heterocycles. The maximum Gasteiger partial charge on any atom is 0.339 e. The second-order valence-electron chi connectivity index (χ2n) is 9.35. The average molecular weight is 628 g/mol. The summed E-state index contributed by atoms with van der Waals surface area (Å²) >= 11 is 1.23. The molecule has 0 radical (unpaired) electrons. The first-order valence-corrected chi connectivity index (χ1v) is 14.4. The summed E-state index contributed by atoms with van der Waals surface area (Å²) in [5.74, 6) is -2.13. The van der Waals surface area contributed by atoms with Crippen molar-refractivity contribution >= 4 is 52.9 Å². The van der Waals surface area contributed by atoms with Crippen molar-refractivity contribution in [1.82, 2.24) is 5.32 Å². The molecule has 0 atom stereocenters. The second-order valence-corrected chi connectivity index (χ2v) is 10.4. The Morgan fingerprint density at radius 2 is 1.49 bits per heavy atom. The quantitative estimate of drug-likeness (QED) is 0.0802. The Balaban J connectivity index is 1.43. The third kappa shape index (κ3) is 8.88. The van der Waals surface area contributed by atoms with Crippen molar-refractivity contribution in [1.29, 1.82) is 0 Å². The van der Waals surface area contributed by atoms with Gasteiger partial charge in [0.25, 0.3) is 11.8 Å². The Morgan fingerprint density at radius 1 is 0.800 bits per heavy atom. The van der Waals surface area contributed by atoms with Crippen LogP contribution in [-0.4, -0.2) is 53.9 Å². The van der Waals surface area contributed by atoms with Crippen LogP contribution in [0.3, 0.4) is 0 Å². The number of benzene rings is 4. The summed E-state index contributed by atoms with van der Waals surface area (Å²) in [7, 11) is 3.01. The van der Waals surface area contributed by atoms with Crippen LogP contribution in [0, 0.1) is 0 Å². The average Bonchev–Trinajstić information content (AvgIpc) is 3.05. The van der Waals surface area contributed by atoms with E-state index in [-0.39, 0.29) is 28.6 Å². The number of amides is 3. The third-order valence-electron chi connectivity index (χ3n) is 6.24. The summed E-state index contributed by atoms with van der Waals surface area (Å²) in [6, 6.07) is 24.1. The number of carboxylic acids is 1. The van der Waals surface area contributed by atoms with E-state index in [0.29, 0.717) is 28.3 Å². The second kappa shape index (κ2) is 15.1. The van der Waals surface area contributed by atoms with Crippen LogP contribution in [0.25, 0.3) is 6.08 Å². The highest BCUT2D eigenvalue weighted by Gasteiger charge is 2.16. The molecule has 4 aromatic carbocycles. The minimum Gasteiger partial charge on any atom is -0.507 e. The van der Waals surface area contributed by atoms with Crippen LogP contribution < -0.4 is 25.4 Å².